The first kappa shape index (κ1) is 13.7. The van der Waals surface area contributed by atoms with Crippen molar-refractivity contribution in [3.8, 4) is 0 Å². The van der Waals surface area contributed by atoms with E-state index in [1.54, 1.807) is 0 Å². The zero-order valence-electron chi connectivity index (χ0n) is 11.7. The van der Waals surface area contributed by atoms with Gasteiger partial charge in [0, 0.05) is 17.5 Å². The van der Waals surface area contributed by atoms with Gasteiger partial charge >= 0.3 is 0 Å². The number of nitrogens with one attached hydrogen (secondary N) is 1. The summed E-state index contributed by atoms with van der Waals surface area (Å²) in [5.41, 5.74) is 3.74. The van der Waals surface area contributed by atoms with Crippen LogP contribution in [0.3, 0.4) is 0 Å². The highest BCUT2D eigenvalue weighted by atomic mass is 35.5. The molecule has 1 nitrogen and oxygen atoms in total. The van der Waals surface area contributed by atoms with Crippen LogP contribution >= 0.6 is 11.8 Å². The molecule has 0 aliphatic heterocycles. The minimum atomic E-state index is 0.655. The molecule has 0 radical (unpaired) electrons. The van der Waals surface area contributed by atoms with Crippen molar-refractivity contribution in [2.45, 2.75) is 40.0 Å². The predicted molar refractivity (Wildman–Crippen MR) is 79.1 cm³/mol. The van der Waals surface area contributed by atoms with Gasteiger partial charge in [-0.3, -0.25) is 0 Å². The fourth-order valence-corrected chi connectivity index (χ4v) is 3.79. The van der Waals surface area contributed by atoms with E-state index in [2.05, 4.69) is 31.3 Å². The highest BCUT2D eigenvalue weighted by Crippen LogP contribution is 2.53. The van der Waals surface area contributed by atoms with Crippen LogP contribution in [0.5, 0.6) is 0 Å². The van der Waals surface area contributed by atoms with Crippen molar-refractivity contribution < 1.29 is 0 Å². The molecule has 0 spiro atoms. The van der Waals surface area contributed by atoms with E-state index in [1.807, 2.05) is 13.0 Å². The van der Waals surface area contributed by atoms with Crippen molar-refractivity contribution in [3.05, 3.63) is 35.6 Å². The summed E-state index contributed by atoms with van der Waals surface area (Å²) in [5.74, 6) is 3.10. The van der Waals surface area contributed by atoms with Gasteiger partial charge in [-0.05, 0) is 54.2 Å². The maximum atomic E-state index is 5.55. The van der Waals surface area contributed by atoms with E-state index >= 15 is 0 Å². The molecule has 2 aliphatic carbocycles. The van der Waals surface area contributed by atoms with E-state index < -0.39 is 0 Å². The summed E-state index contributed by atoms with van der Waals surface area (Å²) in [6.07, 6.45) is 8.40. The van der Waals surface area contributed by atoms with Crippen LogP contribution in [0.15, 0.2) is 35.6 Å². The van der Waals surface area contributed by atoms with Crippen LogP contribution < -0.4 is 4.84 Å². The van der Waals surface area contributed by atoms with Crippen molar-refractivity contribution >= 4 is 11.8 Å². The SMILES string of the molecule is C=C1/C(=C\C=C(/C)NCl)C(C)[C@H]1C1CCCC1C. The van der Waals surface area contributed by atoms with Crippen LogP contribution in [-0.2, 0) is 0 Å². The van der Waals surface area contributed by atoms with Gasteiger partial charge in [0.15, 0.2) is 0 Å². The van der Waals surface area contributed by atoms with Gasteiger partial charge in [-0.1, -0.05) is 39.3 Å². The van der Waals surface area contributed by atoms with Gasteiger partial charge in [0.25, 0.3) is 0 Å². The molecular weight excluding hydrogens is 242 g/mol. The fourth-order valence-electron chi connectivity index (χ4n) is 3.73. The first-order valence-corrected chi connectivity index (χ1v) is 7.38. The van der Waals surface area contributed by atoms with Gasteiger partial charge in [0.05, 0.1) is 0 Å². The van der Waals surface area contributed by atoms with Gasteiger partial charge in [-0.25, -0.2) is 0 Å². The second kappa shape index (κ2) is 5.52. The molecule has 0 bridgehead atoms. The lowest BCUT2D eigenvalue weighted by Crippen LogP contribution is -2.36. The second-order valence-electron chi connectivity index (χ2n) is 5.98. The smallest absolute Gasteiger partial charge is 0.0234 e. The Morgan fingerprint density at radius 3 is 2.61 bits per heavy atom. The van der Waals surface area contributed by atoms with Crippen molar-refractivity contribution in [1.29, 1.82) is 0 Å². The van der Waals surface area contributed by atoms with Crippen LogP contribution in [0.4, 0.5) is 0 Å². The van der Waals surface area contributed by atoms with Crippen LogP contribution in [-0.4, -0.2) is 0 Å². The molecule has 3 unspecified atom stereocenters. The van der Waals surface area contributed by atoms with Crippen molar-refractivity contribution in [1.82, 2.24) is 4.84 Å². The normalized spacial score (nSPS) is 39.0. The third-order valence-electron chi connectivity index (χ3n) is 4.85. The molecule has 18 heavy (non-hydrogen) atoms. The molecule has 2 heteroatoms. The van der Waals surface area contributed by atoms with Crippen molar-refractivity contribution in [3.63, 3.8) is 0 Å². The molecule has 0 heterocycles. The summed E-state index contributed by atoms with van der Waals surface area (Å²) >= 11 is 5.55. The second-order valence-corrected chi connectivity index (χ2v) is 6.17. The monoisotopic (exact) mass is 265 g/mol. The van der Waals surface area contributed by atoms with E-state index in [0.29, 0.717) is 11.8 Å². The number of rotatable bonds is 3. The standard InChI is InChI=1S/C16H24ClN/c1-10-6-5-7-14(10)16-12(3)15(13(16)4)9-8-11(2)18-17/h8-10,13-14,16,18H,3,5-7H2,1-2,4H3/b11-8+,15-9+/t10?,13?,14?,16-/m0/s1. The Morgan fingerprint density at radius 1 is 1.39 bits per heavy atom. The highest BCUT2D eigenvalue weighted by molar-refractivity contribution is 6.14. The molecule has 2 aliphatic rings. The molecule has 100 valence electrons. The largest absolute Gasteiger partial charge is 0.303 e. The van der Waals surface area contributed by atoms with E-state index in [-0.39, 0.29) is 0 Å². The van der Waals surface area contributed by atoms with Crippen LogP contribution in [0, 0.1) is 23.7 Å². The van der Waals surface area contributed by atoms with Crippen molar-refractivity contribution in [2.75, 3.05) is 0 Å². The van der Waals surface area contributed by atoms with Gasteiger partial charge < -0.3 is 4.84 Å². The van der Waals surface area contributed by atoms with Crippen LogP contribution in [0.25, 0.3) is 0 Å². The molecule has 0 aromatic rings. The first-order chi connectivity index (χ1) is 8.56. The average Bonchev–Trinajstić information content (AvgIpc) is 2.75. The molecule has 2 saturated carbocycles. The van der Waals surface area contributed by atoms with E-state index in [0.717, 1.165) is 17.5 Å². The fraction of sp³-hybridized carbons (Fsp3) is 0.625. The topological polar surface area (TPSA) is 12.0 Å². The first-order valence-electron chi connectivity index (χ1n) is 7.00. The van der Waals surface area contributed by atoms with Gasteiger partial charge in [-0.2, -0.15) is 0 Å². The number of hydrogen-bond acceptors (Lipinski definition) is 1. The molecule has 2 rings (SSSR count). The average molecular weight is 266 g/mol. The number of allylic oxidation sites excluding steroid dienone is 5. The summed E-state index contributed by atoms with van der Waals surface area (Å²) < 4.78 is 0. The number of hydrogen-bond donors (Lipinski definition) is 1. The Labute approximate surface area is 116 Å². The molecule has 4 atom stereocenters. The Morgan fingerprint density at radius 2 is 2.11 bits per heavy atom. The summed E-state index contributed by atoms with van der Waals surface area (Å²) in [7, 11) is 0. The molecule has 2 fully saturated rings. The zero-order valence-corrected chi connectivity index (χ0v) is 12.4. The lowest BCUT2D eigenvalue weighted by atomic mass is 9.59. The Kier molecular flexibility index (Phi) is 4.21. The Bertz CT molecular complexity index is 394. The molecule has 1 N–H and O–H groups in total. The summed E-state index contributed by atoms with van der Waals surface area (Å²) in [6, 6.07) is 0. The lowest BCUT2D eigenvalue weighted by Gasteiger charge is -2.45. The maximum Gasteiger partial charge on any atom is 0.0234 e. The molecule has 0 aromatic carbocycles. The van der Waals surface area contributed by atoms with Crippen LogP contribution in [0.2, 0.25) is 0 Å². The third kappa shape index (κ3) is 2.38. The minimum Gasteiger partial charge on any atom is -0.303 e. The Hall–Kier alpha value is -0.690. The molecular formula is C16H24ClN. The zero-order chi connectivity index (χ0) is 13.3. The summed E-state index contributed by atoms with van der Waals surface area (Å²) in [5, 5.41) is 0. The summed E-state index contributed by atoms with van der Waals surface area (Å²) in [4.78, 5) is 2.63. The molecule has 0 saturated heterocycles. The lowest BCUT2D eigenvalue weighted by molar-refractivity contribution is 0.222. The van der Waals surface area contributed by atoms with Gasteiger partial charge in [0.2, 0.25) is 0 Å². The third-order valence-corrected chi connectivity index (χ3v) is 5.15. The van der Waals surface area contributed by atoms with E-state index in [1.165, 1.54) is 30.4 Å². The highest BCUT2D eigenvalue weighted by Gasteiger charge is 2.44. The van der Waals surface area contributed by atoms with Gasteiger partial charge in [0.1, 0.15) is 0 Å². The minimum absolute atomic E-state index is 0.655. The quantitative estimate of drug-likeness (QED) is 0.722. The maximum absolute atomic E-state index is 5.55. The van der Waals surface area contributed by atoms with Gasteiger partial charge in [-0.15, -0.1) is 0 Å². The van der Waals surface area contributed by atoms with Crippen LogP contribution in [0.1, 0.15) is 40.0 Å². The Balaban J connectivity index is 2.06. The van der Waals surface area contributed by atoms with E-state index in [9.17, 15) is 0 Å². The summed E-state index contributed by atoms with van der Waals surface area (Å²) in [6.45, 7) is 11.0. The molecule has 0 amide bonds. The van der Waals surface area contributed by atoms with E-state index in [4.69, 9.17) is 11.8 Å². The predicted octanol–water partition coefficient (Wildman–Crippen LogP) is 4.82. The van der Waals surface area contributed by atoms with Crippen molar-refractivity contribution in [2.24, 2.45) is 23.7 Å². The molecule has 0 aromatic heterocycles. The number of halogens is 1.